The Kier molecular flexibility index (Phi) is 4.97. The molecular formula is C12H10Br4O2. The van der Waals surface area contributed by atoms with Crippen LogP contribution in [0, 0.1) is 0 Å². The Balaban J connectivity index is 2.17. The summed E-state index contributed by atoms with van der Waals surface area (Å²) < 4.78 is 15.0. The van der Waals surface area contributed by atoms with Crippen molar-refractivity contribution in [2.45, 2.75) is 12.0 Å². The van der Waals surface area contributed by atoms with Gasteiger partial charge in [0.2, 0.25) is 0 Å². The fourth-order valence-corrected chi connectivity index (χ4v) is 3.75. The third-order valence-electron chi connectivity index (χ3n) is 2.62. The van der Waals surface area contributed by atoms with Crippen LogP contribution in [0.4, 0.5) is 0 Å². The van der Waals surface area contributed by atoms with Gasteiger partial charge in [0.25, 0.3) is 0 Å². The summed E-state index contributed by atoms with van der Waals surface area (Å²) in [5.74, 6) is 0.759. The van der Waals surface area contributed by atoms with E-state index in [9.17, 15) is 0 Å². The van der Waals surface area contributed by atoms with Crippen LogP contribution in [-0.4, -0.2) is 18.8 Å². The van der Waals surface area contributed by atoms with Gasteiger partial charge in [-0.05, 0) is 76.2 Å². The van der Waals surface area contributed by atoms with E-state index in [-0.39, 0.29) is 5.60 Å². The molecule has 1 aromatic rings. The van der Waals surface area contributed by atoms with Crippen LogP contribution in [-0.2, 0) is 4.74 Å². The fraction of sp³-hybridized carbons (Fsp3) is 0.333. The SMILES string of the molecule is C=CCC1(COc2c(Br)c(Br)cc(Br)c2Br)CO1. The topological polar surface area (TPSA) is 21.8 Å². The van der Waals surface area contributed by atoms with Crippen molar-refractivity contribution in [2.75, 3.05) is 13.2 Å². The number of hydrogen-bond donors (Lipinski definition) is 0. The standard InChI is InChI=1S/C12H10Br4O2/c1-2-3-12(6-18-12)5-17-11-9(15)7(13)4-8(14)10(11)16/h2,4H,1,3,5-6H2. The summed E-state index contributed by atoms with van der Waals surface area (Å²) in [6.45, 7) is 4.97. The van der Waals surface area contributed by atoms with Crippen LogP contribution in [0.5, 0.6) is 5.75 Å². The second-order valence-corrected chi connectivity index (χ2v) is 7.35. The number of ether oxygens (including phenoxy) is 2. The van der Waals surface area contributed by atoms with Gasteiger partial charge >= 0.3 is 0 Å². The van der Waals surface area contributed by atoms with Gasteiger partial charge in [0.1, 0.15) is 18.0 Å². The van der Waals surface area contributed by atoms with Gasteiger partial charge in [0, 0.05) is 8.95 Å². The Morgan fingerprint density at radius 2 is 1.83 bits per heavy atom. The minimum absolute atomic E-state index is 0.185. The molecule has 2 nitrogen and oxygen atoms in total. The van der Waals surface area contributed by atoms with Crippen molar-refractivity contribution in [2.24, 2.45) is 0 Å². The predicted molar refractivity (Wildman–Crippen MR) is 86.2 cm³/mol. The van der Waals surface area contributed by atoms with Crippen molar-refractivity contribution in [3.8, 4) is 5.75 Å². The molecule has 0 N–H and O–H groups in total. The van der Waals surface area contributed by atoms with Gasteiger partial charge in [-0.1, -0.05) is 6.08 Å². The first-order valence-electron chi connectivity index (χ1n) is 5.20. The molecule has 0 radical (unpaired) electrons. The van der Waals surface area contributed by atoms with E-state index in [1.807, 2.05) is 12.1 Å². The first kappa shape index (κ1) is 15.0. The predicted octanol–water partition coefficient (Wildman–Crippen LogP) is 5.46. The summed E-state index contributed by atoms with van der Waals surface area (Å²) in [4.78, 5) is 0. The molecule has 6 heteroatoms. The van der Waals surface area contributed by atoms with Crippen molar-refractivity contribution >= 4 is 63.7 Å². The maximum atomic E-state index is 5.88. The molecule has 1 saturated heterocycles. The normalized spacial score (nSPS) is 21.8. The van der Waals surface area contributed by atoms with Crippen molar-refractivity contribution < 1.29 is 9.47 Å². The van der Waals surface area contributed by atoms with E-state index in [1.54, 1.807) is 0 Å². The Bertz CT molecular complexity index is 457. The van der Waals surface area contributed by atoms with E-state index < -0.39 is 0 Å². The van der Waals surface area contributed by atoms with Gasteiger partial charge in [0.05, 0.1) is 15.6 Å². The van der Waals surface area contributed by atoms with Crippen molar-refractivity contribution in [1.29, 1.82) is 0 Å². The van der Waals surface area contributed by atoms with Crippen molar-refractivity contribution in [3.05, 3.63) is 36.6 Å². The molecule has 0 bridgehead atoms. The Labute approximate surface area is 140 Å². The highest BCUT2D eigenvalue weighted by Gasteiger charge is 2.44. The lowest BCUT2D eigenvalue weighted by molar-refractivity contribution is 0.189. The Hall–Kier alpha value is 0.640. The number of hydrogen-bond acceptors (Lipinski definition) is 2. The molecule has 1 fully saturated rings. The average molecular weight is 506 g/mol. The second-order valence-electron chi connectivity index (χ2n) is 4.05. The Morgan fingerprint density at radius 1 is 1.28 bits per heavy atom. The lowest BCUT2D eigenvalue weighted by atomic mass is 10.1. The highest BCUT2D eigenvalue weighted by Crippen LogP contribution is 2.44. The first-order chi connectivity index (χ1) is 8.49. The molecule has 1 unspecified atom stereocenters. The lowest BCUT2D eigenvalue weighted by Gasteiger charge is -2.15. The number of epoxide rings is 1. The van der Waals surface area contributed by atoms with Gasteiger partial charge < -0.3 is 9.47 Å². The second kappa shape index (κ2) is 5.95. The van der Waals surface area contributed by atoms with E-state index in [2.05, 4.69) is 70.3 Å². The van der Waals surface area contributed by atoms with E-state index in [1.165, 1.54) is 0 Å². The van der Waals surface area contributed by atoms with Crippen molar-refractivity contribution in [3.63, 3.8) is 0 Å². The van der Waals surface area contributed by atoms with Gasteiger partial charge in [-0.25, -0.2) is 0 Å². The third-order valence-corrected chi connectivity index (χ3v) is 6.51. The Morgan fingerprint density at radius 3 is 2.28 bits per heavy atom. The van der Waals surface area contributed by atoms with E-state index >= 15 is 0 Å². The molecule has 2 rings (SSSR count). The van der Waals surface area contributed by atoms with Gasteiger partial charge in [-0.15, -0.1) is 6.58 Å². The monoisotopic (exact) mass is 502 g/mol. The largest absolute Gasteiger partial charge is 0.488 e. The van der Waals surface area contributed by atoms with E-state index in [4.69, 9.17) is 9.47 Å². The smallest absolute Gasteiger partial charge is 0.150 e. The zero-order valence-electron chi connectivity index (χ0n) is 9.31. The first-order valence-corrected chi connectivity index (χ1v) is 8.37. The molecule has 98 valence electrons. The summed E-state index contributed by atoms with van der Waals surface area (Å²) in [5, 5.41) is 0. The fourth-order valence-electron chi connectivity index (χ4n) is 1.51. The molecule has 0 amide bonds. The summed E-state index contributed by atoms with van der Waals surface area (Å²) in [7, 11) is 0. The highest BCUT2D eigenvalue weighted by atomic mass is 79.9. The minimum Gasteiger partial charge on any atom is -0.488 e. The number of rotatable bonds is 5. The van der Waals surface area contributed by atoms with Crippen LogP contribution < -0.4 is 4.74 Å². The zero-order valence-corrected chi connectivity index (χ0v) is 15.7. The molecule has 0 aliphatic carbocycles. The zero-order chi connectivity index (χ0) is 13.3. The summed E-state index contributed by atoms with van der Waals surface area (Å²) in [6.07, 6.45) is 2.66. The number of halogens is 4. The molecule has 1 aliphatic rings. The summed E-state index contributed by atoms with van der Waals surface area (Å²) in [6, 6.07) is 1.95. The molecule has 1 heterocycles. The molecule has 18 heavy (non-hydrogen) atoms. The average Bonchev–Trinajstić information content (AvgIpc) is 3.07. The number of benzene rings is 1. The molecule has 1 atom stereocenters. The molecule has 1 aliphatic heterocycles. The molecule has 1 aromatic carbocycles. The summed E-state index contributed by atoms with van der Waals surface area (Å²) >= 11 is 14.0. The quantitative estimate of drug-likeness (QED) is 0.301. The van der Waals surface area contributed by atoms with Crippen LogP contribution >= 0.6 is 63.7 Å². The maximum Gasteiger partial charge on any atom is 0.150 e. The van der Waals surface area contributed by atoms with Crippen LogP contribution in [0.2, 0.25) is 0 Å². The molecule has 0 aromatic heterocycles. The van der Waals surface area contributed by atoms with Crippen LogP contribution in [0.25, 0.3) is 0 Å². The minimum atomic E-state index is -0.185. The molecule has 0 spiro atoms. The highest BCUT2D eigenvalue weighted by molar-refractivity contribution is 9.14. The van der Waals surface area contributed by atoms with Gasteiger partial charge in [-0.2, -0.15) is 0 Å². The van der Waals surface area contributed by atoms with Crippen LogP contribution in [0.1, 0.15) is 6.42 Å². The maximum absolute atomic E-state index is 5.88. The van der Waals surface area contributed by atoms with E-state index in [0.717, 1.165) is 36.7 Å². The van der Waals surface area contributed by atoms with Crippen molar-refractivity contribution in [1.82, 2.24) is 0 Å². The van der Waals surface area contributed by atoms with Gasteiger partial charge in [0.15, 0.2) is 0 Å². The molecule has 0 saturated carbocycles. The lowest BCUT2D eigenvalue weighted by Crippen LogP contribution is -2.21. The van der Waals surface area contributed by atoms with Crippen LogP contribution in [0.3, 0.4) is 0 Å². The van der Waals surface area contributed by atoms with Crippen LogP contribution in [0.15, 0.2) is 36.6 Å². The summed E-state index contributed by atoms with van der Waals surface area (Å²) in [5.41, 5.74) is -0.185. The third kappa shape index (κ3) is 3.20. The molecular weight excluding hydrogens is 496 g/mol. The van der Waals surface area contributed by atoms with E-state index in [0.29, 0.717) is 6.61 Å². The van der Waals surface area contributed by atoms with Gasteiger partial charge in [-0.3, -0.25) is 0 Å².